The van der Waals surface area contributed by atoms with Crippen molar-refractivity contribution in [3.63, 3.8) is 0 Å². The van der Waals surface area contributed by atoms with Crippen LogP contribution in [-0.2, 0) is 6.18 Å². The molecule has 8 nitrogen and oxygen atoms in total. The smallest absolute Gasteiger partial charge is 0.370 e. The highest BCUT2D eigenvalue weighted by molar-refractivity contribution is 6.02. The number of aromatic nitrogens is 1. The van der Waals surface area contributed by atoms with Crippen LogP contribution >= 0.6 is 0 Å². The third-order valence-electron chi connectivity index (χ3n) is 4.52. The predicted molar refractivity (Wildman–Crippen MR) is 107 cm³/mol. The van der Waals surface area contributed by atoms with Gasteiger partial charge in [-0.1, -0.05) is 7.43 Å². The number of alkyl halides is 3. The number of piperazine rings is 1. The maximum atomic E-state index is 13.6. The molecule has 30 heavy (non-hydrogen) atoms. The number of hydrogen-bond acceptors (Lipinski definition) is 3. The summed E-state index contributed by atoms with van der Waals surface area (Å²) in [4.78, 5) is 33.4. The fourth-order valence-electron chi connectivity index (χ4n) is 3.14. The Morgan fingerprint density at radius 1 is 1.07 bits per heavy atom. The number of nitrogens with one attached hydrogen (secondary N) is 1. The van der Waals surface area contributed by atoms with Crippen molar-refractivity contribution in [1.82, 2.24) is 9.88 Å². The van der Waals surface area contributed by atoms with Crippen LogP contribution in [0.1, 0.15) is 33.8 Å². The minimum atomic E-state index is -4.68. The summed E-state index contributed by atoms with van der Waals surface area (Å²) in [6.45, 7) is 0.973. The van der Waals surface area contributed by atoms with Crippen molar-refractivity contribution in [3.05, 3.63) is 53.3 Å². The van der Waals surface area contributed by atoms with Crippen molar-refractivity contribution >= 4 is 23.5 Å². The normalized spacial score (nSPS) is 14.1. The molecule has 0 saturated carbocycles. The standard InChI is InChI=1S/C18H19F3N6O2.CH4/c19-18(20,21)12-10-11(15(28)25-17(22)23)3-4-14(12)26-6-8-27(9-7-26)16(29)13-2-1-5-24-13;/h1-5,10,24H,6-9H2,(H4,22,23,25,28);1H4. The molecule has 11 heteroatoms. The molecule has 1 aliphatic heterocycles. The Hall–Kier alpha value is -3.50. The molecule has 2 heterocycles. The molecular weight excluding hydrogens is 401 g/mol. The van der Waals surface area contributed by atoms with Gasteiger partial charge < -0.3 is 26.3 Å². The molecule has 1 aromatic carbocycles. The van der Waals surface area contributed by atoms with Gasteiger partial charge in [0.1, 0.15) is 5.69 Å². The van der Waals surface area contributed by atoms with Crippen LogP contribution < -0.4 is 16.4 Å². The largest absolute Gasteiger partial charge is 0.418 e. The lowest BCUT2D eigenvalue weighted by atomic mass is 10.1. The van der Waals surface area contributed by atoms with Gasteiger partial charge in [-0.2, -0.15) is 18.2 Å². The van der Waals surface area contributed by atoms with Gasteiger partial charge in [-0.3, -0.25) is 9.59 Å². The lowest BCUT2D eigenvalue weighted by Gasteiger charge is -2.37. The minimum Gasteiger partial charge on any atom is -0.370 e. The molecule has 2 aromatic rings. The zero-order valence-corrected chi connectivity index (χ0v) is 15.2. The van der Waals surface area contributed by atoms with E-state index in [9.17, 15) is 22.8 Å². The van der Waals surface area contributed by atoms with Crippen molar-refractivity contribution in [2.45, 2.75) is 13.6 Å². The van der Waals surface area contributed by atoms with Gasteiger partial charge in [-0.05, 0) is 30.3 Å². The van der Waals surface area contributed by atoms with E-state index in [0.29, 0.717) is 5.69 Å². The third-order valence-corrected chi connectivity index (χ3v) is 4.52. The van der Waals surface area contributed by atoms with Crippen LogP contribution in [0.4, 0.5) is 18.9 Å². The second-order valence-electron chi connectivity index (χ2n) is 6.43. The first-order chi connectivity index (χ1) is 13.7. The Balaban J connectivity index is 0.00000320. The molecule has 0 bridgehead atoms. The molecule has 0 atom stereocenters. The highest BCUT2D eigenvalue weighted by Gasteiger charge is 2.36. The molecule has 162 valence electrons. The quantitative estimate of drug-likeness (QED) is 0.514. The number of guanidine groups is 1. The van der Waals surface area contributed by atoms with E-state index in [1.807, 2.05) is 0 Å². The van der Waals surface area contributed by atoms with Gasteiger partial charge in [-0.15, -0.1) is 0 Å². The molecule has 1 saturated heterocycles. The summed E-state index contributed by atoms with van der Waals surface area (Å²) in [5.41, 5.74) is 9.37. The number of carbonyl (C=O) groups is 2. The van der Waals surface area contributed by atoms with Crippen molar-refractivity contribution in [1.29, 1.82) is 0 Å². The highest BCUT2D eigenvalue weighted by atomic mass is 19.4. The Bertz CT molecular complexity index is 928. The second kappa shape index (κ2) is 8.89. The summed E-state index contributed by atoms with van der Waals surface area (Å²) < 4.78 is 40.8. The Morgan fingerprint density at radius 2 is 1.73 bits per heavy atom. The number of aliphatic imine (C=N–C) groups is 1. The van der Waals surface area contributed by atoms with Gasteiger partial charge >= 0.3 is 6.18 Å². The SMILES string of the molecule is C.NC(N)=NC(=O)c1ccc(N2CCN(C(=O)c3ccc[nH]3)CC2)c(C(F)(F)F)c1. The lowest BCUT2D eigenvalue weighted by Crippen LogP contribution is -2.49. The molecule has 0 radical (unpaired) electrons. The summed E-state index contributed by atoms with van der Waals surface area (Å²) in [6, 6.07) is 6.55. The van der Waals surface area contributed by atoms with Crippen LogP contribution in [0.25, 0.3) is 0 Å². The maximum absolute atomic E-state index is 13.6. The molecule has 0 aliphatic carbocycles. The molecular formula is C19H23F3N6O2. The topological polar surface area (TPSA) is 121 Å². The Labute approximate surface area is 171 Å². The van der Waals surface area contributed by atoms with Crippen molar-refractivity contribution < 1.29 is 22.8 Å². The van der Waals surface area contributed by atoms with E-state index in [0.717, 1.165) is 6.07 Å². The number of hydrogen-bond donors (Lipinski definition) is 3. The molecule has 0 spiro atoms. The second-order valence-corrected chi connectivity index (χ2v) is 6.43. The predicted octanol–water partition coefficient (Wildman–Crippen LogP) is 2.05. The molecule has 5 N–H and O–H groups in total. The average Bonchev–Trinajstić information content (AvgIpc) is 3.20. The van der Waals surface area contributed by atoms with Crippen LogP contribution in [0.3, 0.4) is 0 Å². The molecule has 0 unspecified atom stereocenters. The van der Waals surface area contributed by atoms with Gasteiger partial charge in [0.2, 0.25) is 0 Å². The number of aromatic amines is 1. The van der Waals surface area contributed by atoms with Crippen LogP contribution in [-0.4, -0.2) is 53.8 Å². The number of halogens is 3. The maximum Gasteiger partial charge on any atom is 0.418 e. The summed E-state index contributed by atoms with van der Waals surface area (Å²) in [7, 11) is 0. The summed E-state index contributed by atoms with van der Waals surface area (Å²) >= 11 is 0. The van der Waals surface area contributed by atoms with E-state index in [1.165, 1.54) is 17.0 Å². The first-order valence-electron chi connectivity index (χ1n) is 8.69. The lowest BCUT2D eigenvalue weighted by molar-refractivity contribution is -0.137. The van der Waals surface area contributed by atoms with Crippen molar-refractivity contribution in [3.8, 4) is 0 Å². The van der Waals surface area contributed by atoms with Crippen LogP contribution in [0.15, 0.2) is 41.5 Å². The number of amides is 2. The van der Waals surface area contributed by atoms with Gasteiger partial charge in [0, 0.05) is 43.6 Å². The number of nitrogens with zero attached hydrogens (tertiary/aromatic N) is 3. The van der Waals surface area contributed by atoms with E-state index in [1.54, 1.807) is 23.2 Å². The zero-order chi connectivity index (χ0) is 21.2. The first-order valence-corrected chi connectivity index (χ1v) is 8.69. The highest BCUT2D eigenvalue weighted by Crippen LogP contribution is 2.37. The van der Waals surface area contributed by atoms with E-state index >= 15 is 0 Å². The van der Waals surface area contributed by atoms with Crippen LogP contribution in [0.5, 0.6) is 0 Å². The Kier molecular flexibility index (Phi) is 6.75. The average molecular weight is 424 g/mol. The Morgan fingerprint density at radius 3 is 2.27 bits per heavy atom. The van der Waals surface area contributed by atoms with Crippen LogP contribution in [0, 0.1) is 0 Å². The van der Waals surface area contributed by atoms with Crippen LogP contribution in [0.2, 0.25) is 0 Å². The number of benzene rings is 1. The number of anilines is 1. The van der Waals surface area contributed by atoms with Gasteiger partial charge in [0.15, 0.2) is 5.96 Å². The molecule has 1 aliphatic rings. The van der Waals surface area contributed by atoms with Crippen molar-refractivity contribution in [2.75, 3.05) is 31.1 Å². The van der Waals surface area contributed by atoms with E-state index < -0.39 is 23.6 Å². The number of carbonyl (C=O) groups excluding carboxylic acids is 2. The minimum absolute atomic E-state index is 0. The van der Waals surface area contributed by atoms with E-state index in [2.05, 4.69) is 9.98 Å². The zero-order valence-electron chi connectivity index (χ0n) is 15.2. The molecule has 3 rings (SSSR count). The summed E-state index contributed by atoms with van der Waals surface area (Å²) in [5.74, 6) is -1.69. The molecule has 2 amide bonds. The fraction of sp³-hybridized carbons (Fsp3) is 0.316. The molecule has 1 aromatic heterocycles. The van der Waals surface area contributed by atoms with Gasteiger partial charge in [0.05, 0.1) is 5.56 Å². The monoisotopic (exact) mass is 424 g/mol. The number of H-pyrrole nitrogens is 1. The number of nitrogens with two attached hydrogens (primary N) is 2. The van der Waals surface area contributed by atoms with E-state index in [4.69, 9.17) is 11.5 Å². The van der Waals surface area contributed by atoms with E-state index in [-0.39, 0.29) is 50.8 Å². The van der Waals surface area contributed by atoms with Gasteiger partial charge in [0.25, 0.3) is 11.8 Å². The van der Waals surface area contributed by atoms with Crippen molar-refractivity contribution in [2.24, 2.45) is 16.5 Å². The molecule has 1 fully saturated rings. The third kappa shape index (κ3) is 4.91. The summed E-state index contributed by atoms with van der Waals surface area (Å²) in [5, 5.41) is 0. The fourth-order valence-corrected chi connectivity index (χ4v) is 3.14. The first kappa shape index (κ1) is 22.8. The van der Waals surface area contributed by atoms with Gasteiger partial charge in [-0.25, -0.2) is 0 Å². The summed E-state index contributed by atoms with van der Waals surface area (Å²) in [6.07, 6.45) is -3.05. The number of rotatable bonds is 3.